The molecular weight excluding hydrogens is 987 g/mol. The van der Waals surface area contributed by atoms with Crippen molar-refractivity contribution in [1.82, 2.24) is 26.6 Å². The van der Waals surface area contributed by atoms with Crippen molar-refractivity contribution in [3.8, 4) is 28.0 Å². The predicted octanol–water partition coefficient (Wildman–Crippen LogP) is 10.4. The molecule has 5 amide bonds. The van der Waals surface area contributed by atoms with E-state index in [1.807, 2.05) is 103 Å². The van der Waals surface area contributed by atoms with E-state index in [2.05, 4.69) is 50.8 Å². The summed E-state index contributed by atoms with van der Waals surface area (Å²) in [7, 11) is 0. The molecule has 2 aliphatic rings. The largest absolute Gasteiger partial charge is 0.492 e. The van der Waals surface area contributed by atoms with E-state index in [1.54, 1.807) is 0 Å². The van der Waals surface area contributed by atoms with Gasteiger partial charge in [-0.3, -0.25) is 19.2 Å². The second-order valence-corrected chi connectivity index (χ2v) is 19.4. The molecule has 0 unspecified atom stereocenters. The van der Waals surface area contributed by atoms with Crippen LogP contribution in [0, 0.1) is 0 Å². The first-order valence-electron chi connectivity index (χ1n) is 27.2. The number of esters is 1. The minimum atomic E-state index is -0.615. The summed E-state index contributed by atoms with van der Waals surface area (Å²) in [4.78, 5) is 77.3. The van der Waals surface area contributed by atoms with Crippen LogP contribution in [0.25, 0.3) is 22.3 Å². The normalized spacial score (nSPS) is 12.0. The first-order valence-corrected chi connectivity index (χ1v) is 27.2. The van der Waals surface area contributed by atoms with Gasteiger partial charge in [0.05, 0.1) is 6.54 Å². The molecule has 6 aromatic carbocycles. The SMILES string of the molecule is O=C(CCCCCCCCCCC(=O)OCc1ccccc1)NCCOc1cc(C(=O)NCCNC(=O)OCC2c3ccccc3-c3ccccc32)cc(C(=O)NCCNC(=O)OCC2c3ccccc3-c3ccccc32)c1. The minimum absolute atomic E-state index is 0.0682. The quantitative estimate of drug-likeness (QED) is 0.0171. The average molecular weight is 1060 g/mol. The van der Waals surface area contributed by atoms with E-state index in [-0.39, 0.29) is 93.1 Å². The highest BCUT2D eigenvalue weighted by Crippen LogP contribution is 2.45. The van der Waals surface area contributed by atoms with Gasteiger partial charge in [0.2, 0.25) is 5.91 Å². The van der Waals surface area contributed by atoms with Gasteiger partial charge in [0.1, 0.15) is 32.2 Å². The fourth-order valence-electron chi connectivity index (χ4n) is 10.0. The molecule has 5 N–H and O–H groups in total. The number of benzene rings is 6. The molecule has 406 valence electrons. The topological polar surface area (TPSA) is 199 Å². The second kappa shape index (κ2) is 29.2. The van der Waals surface area contributed by atoms with Gasteiger partial charge in [0.15, 0.2) is 0 Å². The third-order valence-corrected chi connectivity index (χ3v) is 13.9. The van der Waals surface area contributed by atoms with E-state index in [9.17, 15) is 28.8 Å². The number of unbranched alkanes of at least 4 members (excludes halogenated alkanes) is 7. The van der Waals surface area contributed by atoms with Crippen LogP contribution in [0.15, 0.2) is 146 Å². The number of hydrogen-bond acceptors (Lipinski definition) is 10. The Hall–Kier alpha value is -8.46. The van der Waals surface area contributed by atoms with E-state index in [0.717, 1.165) is 101 Å². The number of rotatable bonds is 29. The van der Waals surface area contributed by atoms with Crippen LogP contribution in [0.1, 0.15) is 125 Å². The van der Waals surface area contributed by atoms with Crippen LogP contribution >= 0.6 is 0 Å². The van der Waals surface area contributed by atoms with Crippen molar-refractivity contribution in [2.45, 2.75) is 82.7 Å². The Morgan fingerprint density at radius 3 is 1.28 bits per heavy atom. The van der Waals surface area contributed by atoms with Gasteiger partial charge in [-0.2, -0.15) is 0 Å². The molecule has 15 nitrogen and oxygen atoms in total. The summed E-state index contributed by atoms with van der Waals surface area (Å²) in [5, 5.41) is 13.9. The molecule has 0 saturated carbocycles. The Bertz CT molecular complexity index is 2760. The van der Waals surface area contributed by atoms with E-state index in [0.29, 0.717) is 19.4 Å². The maximum Gasteiger partial charge on any atom is 0.407 e. The monoisotopic (exact) mass is 1060 g/mol. The molecule has 0 aliphatic heterocycles. The molecule has 78 heavy (non-hydrogen) atoms. The van der Waals surface area contributed by atoms with Crippen molar-refractivity contribution >= 4 is 35.9 Å². The van der Waals surface area contributed by atoms with Gasteiger partial charge in [-0.05, 0) is 81.1 Å². The van der Waals surface area contributed by atoms with Crippen LogP contribution in [0.5, 0.6) is 5.75 Å². The lowest BCUT2D eigenvalue weighted by molar-refractivity contribution is -0.145. The number of alkyl carbamates (subject to hydrolysis) is 2. The Labute approximate surface area is 456 Å². The summed E-state index contributed by atoms with van der Waals surface area (Å²) >= 11 is 0. The first kappa shape index (κ1) is 55.8. The van der Waals surface area contributed by atoms with Gasteiger partial charge < -0.3 is 45.5 Å². The molecule has 0 fully saturated rings. The fourth-order valence-corrected chi connectivity index (χ4v) is 10.0. The van der Waals surface area contributed by atoms with Crippen molar-refractivity contribution in [1.29, 1.82) is 0 Å². The lowest BCUT2D eigenvalue weighted by Crippen LogP contribution is -2.36. The van der Waals surface area contributed by atoms with E-state index < -0.39 is 24.0 Å². The third kappa shape index (κ3) is 16.0. The molecular formula is C63H69N5O10. The zero-order chi connectivity index (χ0) is 54.3. The number of hydrogen-bond donors (Lipinski definition) is 5. The molecule has 15 heteroatoms. The molecule has 0 atom stereocenters. The Morgan fingerprint density at radius 2 is 0.808 bits per heavy atom. The van der Waals surface area contributed by atoms with Gasteiger partial charge in [-0.15, -0.1) is 0 Å². The van der Waals surface area contributed by atoms with Crippen molar-refractivity contribution in [3.05, 3.63) is 185 Å². The van der Waals surface area contributed by atoms with Crippen molar-refractivity contribution < 1.29 is 47.7 Å². The van der Waals surface area contributed by atoms with Crippen LogP contribution in [0.4, 0.5) is 9.59 Å². The Kier molecular flexibility index (Phi) is 20.8. The second-order valence-electron chi connectivity index (χ2n) is 19.4. The van der Waals surface area contributed by atoms with Gasteiger partial charge in [-0.25, -0.2) is 9.59 Å². The summed E-state index contributed by atoms with van der Waals surface area (Å²) < 4.78 is 22.6. The molecule has 2 aliphatic carbocycles. The maximum atomic E-state index is 13.5. The minimum Gasteiger partial charge on any atom is -0.492 e. The fraction of sp³-hybridized carbons (Fsp3) is 0.333. The summed E-state index contributed by atoms with van der Waals surface area (Å²) in [6.45, 7) is 1.20. The number of nitrogens with one attached hydrogen (secondary N) is 5. The van der Waals surface area contributed by atoms with E-state index in [1.165, 1.54) is 18.2 Å². The van der Waals surface area contributed by atoms with Crippen LogP contribution in [-0.4, -0.2) is 88.4 Å². The average Bonchev–Trinajstić information content (AvgIpc) is 3.99. The molecule has 0 spiro atoms. The van der Waals surface area contributed by atoms with Crippen LogP contribution < -0.4 is 31.3 Å². The summed E-state index contributed by atoms with van der Waals surface area (Å²) in [5.74, 6) is -1.23. The Morgan fingerprint density at radius 1 is 0.397 bits per heavy atom. The predicted molar refractivity (Wildman–Crippen MR) is 298 cm³/mol. The molecule has 8 rings (SSSR count). The van der Waals surface area contributed by atoms with E-state index in [4.69, 9.17) is 18.9 Å². The van der Waals surface area contributed by atoms with Crippen molar-refractivity contribution in [2.24, 2.45) is 0 Å². The number of ether oxygens (including phenoxy) is 4. The van der Waals surface area contributed by atoms with E-state index >= 15 is 0 Å². The van der Waals surface area contributed by atoms with Crippen LogP contribution in [0.2, 0.25) is 0 Å². The standard InChI is InChI=1S/C63H69N5O10/c69-58(30-10-5-3-1-2-4-6-11-31-59(70)76-41-44-20-8-7-9-21-44)64-36-37-75-47-39-45(60(71)65-32-34-67-62(73)77-42-56-52-26-16-12-22-48(52)49-23-13-17-27-53(49)56)38-46(40-47)61(72)66-33-35-68-63(74)78-43-57-54-28-18-14-24-50(54)51-25-15-19-29-55(51)57/h7-9,12-29,38-40,56-57H,1-6,10-11,30-37,41-43H2,(H,64,69)(H,65,71)(H,66,72)(H,67,73)(H,68,74). The molecule has 6 aromatic rings. The van der Waals surface area contributed by atoms with Gasteiger partial charge in [-0.1, -0.05) is 166 Å². The summed E-state index contributed by atoms with van der Waals surface area (Å²) in [6.07, 6.45) is 7.31. The maximum absolute atomic E-state index is 13.5. The van der Waals surface area contributed by atoms with Gasteiger partial charge >= 0.3 is 18.2 Å². The van der Waals surface area contributed by atoms with Gasteiger partial charge in [0, 0.05) is 62.0 Å². The van der Waals surface area contributed by atoms with Crippen LogP contribution in [-0.2, 0) is 30.4 Å². The Balaban J connectivity index is 0.748. The highest BCUT2D eigenvalue weighted by Gasteiger charge is 2.30. The molecule has 0 heterocycles. The summed E-state index contributed by atoms with van der Waals surface area (Å²) in [5.41, 5.74) is 10.2. The van der Waals surface area contributed by atoms with Crippen molar-refractivity contribution in [3.63, 3.8) is 0 Å². The number of carbonyl (C=O) groups is 6. The lowest BCUT2D eigenvalue weighted by Gasteiger charge is -2.15. The highest BCUT2D eigenvalue weighted by molar-refractivity contribution is 6.00. The third-order valence-electron chi connectivity index (χ3n) is 13.9. The number of fused-ring (bicyclic) bond motifs is 6. The molecule has 0 radical (unpaired) electrons. The first-order chi connectivity index (χ1) is 38.2. The zero-order valence-corrected chi connectivity index (χ0v) is 44.0. The smallest absolute Gasteiger partial charge is 0.407 e. The zero-order valence-electron chi connectivity index (χ0n) is 44.0. The number of amides is 5. The van der Waals surface area contributed by atoms with Gasteiger partial charge in [0.25, 0.3) is 11.8 Å². The molecule has 0 aromatic heterocycles. The summed E-state index contributed by atoms with van der Waals surface area (Å²) in [6, 6.07) is 46.4. The molecule has 0 saturated heterocycles. The lowest BCUT2D eigenvalue weighted by atomic mass is 9.98. The number of carbonyl (C=O) groups excluding carboxylic acids is 6. The highest BCUT2D eigenvalue weighted by atomic mass is 16.6. The van der Waals surface area contributed by atoms with Crippen molar-refractivity contribution in [2.75, 3.05) is 52.5 Å². The van der Waals surface area contributed by atoms with Crippen LogP contribution in [0.3, 0.4) is 0 Å². The molecule has 0 bridgehead atoms.